The molecule has 0 spiro atoms. The lowest BCUT2D eigenvalue weighted by atomic mass is 9.83. The van der Waals surface area contributed by atoms with Gasteiger partial charge in [-0.05, 0) is 24.8 Å². The lowest BCUT2D eigenvalue weighted by Crippen LogP contribution is -2.15. The maximum atomic E-state index is 6.36. The molecular weight excluding hydrogens is 264 g/mol. The lowest BCUT2D eigenvalue weighted by Gasteiger charge is -2.24. The van der Waals surface area contributed by atoms with E-state index < -0.39 is 0 Å². The fourth-order valence-corrected chi connectivity index (χ4v) is 4.13. The molecule has 18 heavy (non-hydrogen) atoms. The van der Waals surface area contributed by atoms with Gasteiger partial charge in [0.25, 0.3) is 0 Å². The number of fused-ring (bicyclic) bond motifs is 1. The summed E-state index contributed by atoms with van der Waals surface area (Å²) in [5, 5.41) is 1.73. The molecular formula is C14H17ClN2S. The summed E-state index contributed by atoms with van der Waals surface area (Å²) < 4.78 is 0. The van der Waals surface area contributed by atoms with E-state index in [4.69, 9.17) is 16.6 Å². The number of hydrogen-bond donors (Lipinski definition) is 0. The van der Waals surface area contributed by atoms with Crippen LogP contribution in [0.2, 0.25) is 5.15 Å². The van der Waals surface area contributed by atoms with Gasteiger partial charge in [0.1, 0.15) is 15.8 Å². The van der Waals surface area contributed by atoms with Crippen molar-refractivity contribution in [3.63, 3.8) is 0 Å². The van der Waals surface area contributed by atoms with E-state index in [-0.39, 0.29) is 0 Å². The third kappa shape index (κ3) is 2.04. The van der Waals surface area contributed by atoms with Crippen molar-refractivity contribution in [2.75, 3.05) is 0 Å². The highest BCUT2D eigenvalue weighted by Crippen LogP contribution is 2.35. The Kier molecular flexibility index (Phi) is 3.29. The van der Waals surface area contributed by atoms with Gasteiger partial charge in [0, 0.05) is 11.3 Å². The van der Waals surface area contributed by atoms with Crippen LogP contribution in [-0.4, -0.2) is 9.97 Å². The van der Waals surface area contributed by atoms with Gasteiger partial charge in [0.05, 0.1) is 5.39 Å². The molecule has 0 radical (unpaired) electrons. The monoisotopic (exact) mass is 280 g/mol. The van der Waals surface area contributed by atoms with Crippen molar-refractivity contribution < 1.29 is 0 Å². The van der Waals surface area contributed by atoms with Crippen LogP contribution >= 0.6 is 22.9 Å². The predicted molar refractivity (Wildman–Crippen MR) is 77.6 cm³/mol. The molecule has 3 rings (SSSR count). The van der Waals surface area contributed by atoms with Gasteiger partial charge in [-0.2, -0.15) is 0 Å². The van der Waals surface area contributed by atoms with Crippen LogP contribution in [0.5, 0.6) is 0 Å². The summed E-state index contributed by atoms with van der Waals surface area (Å²) in [6.45, 7) is 4.31. The number of aryl methyl sites for hydroxylation is 2. The van der Waals surface area contributed by atoms with Crippen LogP contribution in [0, 0.1) is 12.8 Å². The topological polar surface area (TPSA) is 25.8 Å². The van der Waals surface area contributed by atoms with Gasteiger partial charge in [-0.1, -0.05) is 37.8 Å². The van der Waals surface area contributed by atoms with Gasteiger partial charge in [0.2, 0.25) is 0 Å². The van der Waals surface area contributed by atoms with Crippen LogP contribution in [-0.2, 0) is 12.8 Å². The zero-order chi connectivity index (χ0) is 12.7. The number of hydrogen-bond acceptors (Lipinski definition) is 3. The Bertz CT molecular complexity index is 587. The summed E-state index contributed by atoms with van der Waals surface area (Å²) in [7, 11) is 0. The summed E-state index contributed by atoms with van der Waals surface area (Å²) >= 11 is 8.11. The van der Waals surface area contributed by atoms with E-state index in [1.54, 1.807) is 11.3 Å². The van der Waals surface area contributed by atoms with Gasteiger partial charge in [-0.15, -0.1) is 11.3 Å². The van der Waals surface area contributed by atoms with E-state index in [0.717, 1.165) is 34.8 Å². The number of halogens is 1. The molecule has 0 aromatic carbocycles. The van der Waals surface area contributed by atoms with Crippen molar-refractivity contribution in [1.29, 1.82) is 0 Å². The summed E-state index contributed by atoms with van der Waals surface area (Å²) in [5.41, 5.74) is 1.31. The van der Waals surface area contributed by atoms with E-state index in [9.17, 15) is 0 Å². The first-order valence-electron chi connectivity index (χ1n) is 6.63. The summed E-state index contributed by atoms with van der Waals surface area (Å²) in [5.74, 6) is 1.71. The van der Waals surface area contributed by atoms with E-state index in [2.05, 4.69) is 18.8 Å². The smallest absolute Gasteiger partial charge is 0.141 e. The molecule has 2 aromatic heterocycles. The van der Waals surface area contributed by atoms with Crippen LogP contribution in [0.3, 0.4) is 0 Å². The molecule has 1 aliphatic carbocycles. The minimum atomic E-state index is 0.649. The number of rotatable bonds is 3. The molecule has 96 valence electrons. The molecule has 0 unspecified atom stereocenters. The fraction of sp³-hybridized carbons (Fsp3) is 0.571. The Morgan fingerprint density at radius 2 is 2.11 bits per heavy atom. The number of thiophene rings is 1. The predicted octanol–water partition coefficient (Wildman–Crippen LogP) is 4.56. The van der Waals surface area contributed by atoms with Crippen molar-refractivity contribution >= 4 is 33.2 Å². The summed E-state index contributed by atoms with van der Waals surface area (Å²) in [6, 6.07) is 0. The maximum Gasteiger partial charge on any atom is 0.141 e. The SMILES string of the molecule is CCc1c(C)sc2nc(CC3CCC3)nc(Cl)c12. The second-order valence-electron chi connectivity index (χ2n) is 5.10. The van der Waals surface area contributed by atoms with Crippen LogP contribution < -0.4 is 0 Å². The minimum absolute atomic E-state index is 0.649. The van der Waals surface area contributed by atoms with Gasteiger partial charge in [-0.25, -0.2) is 9.97 Å². The van der Waals surface area contributed by atoms with Crippen molar-refractivity contribution in [2.24, 2.45) is 5.92 Å². The molecule has 1 fully saturated rings. The first kappa shape index (κ1) is 12.4. The maximum absolute atomic E-state index is 6.36. The average Bonchev–Trinajstić information content (AvgIpc) is 2.59. The average molecular weight is 281 g/mol. The van der Waals surface area contributed by atoms with E-state index in [1.807, 2.05) is 0 Å². The van der Waals surface area contributed by atoms with Crippen molar-refractivity contribution in [3.05, 3.63) is 21.4 Å². The Morgan fingerprint density at radius 3 is 2.72 bits per heavy atom. The summed E-state index contributed by atoms with van der Waals surface area (Å²) in [6.07, 6.45) is 6.00. The van der Waals surface area contributed by atoms with Crippen LogP contribution in [0.25, 0.3) is 10.2 Å². The molecule has 0 aliphatic heterocycles. The zero-order valence-corrected chi connectivity index (χ0v) is 12.4. The highest BCUT2D eigenvalue weighted by molar-refractivity contribution is 7.18. The standard InChI is InChI=1S/C14H17ClN2S/c1-3-10-8(2)18-14-12(10)13(15)16-11(17-14)7-9-5-4-6-9/h9H,3-7H2,1-2H3. The van der Waals surface area contributed by atoms with Gasteiger partial charge < -0.3 is 0 Å². The Hall–Kier alpha value is -0.670. The molecule has 2 heterocycles. The highest BCUT2D eigenvalue weighted by atomic mass is 35.5. The molecule has 2 aromatic rings. The van der Waals surface area contributed by atoms with E-state index in [0.29, 0.717) is 5.15 Å². The van der Waals surface area contributed by atoms with Crippen molar-refractivity contribution in [1.82, 2.24) is 9.97 Å². The van der Waals surface area contributed by atoms with Crippen molar-refractivity contribution in [2.45, 2.75) is 46.0 Å². The van der Waals surface area contributed by atoms with E-state index in [1.165, 1.54) is 29.7 Å². The molecule has 2 nitrogen and oxygen atoms in total. The van der Waals surface area contributed by atoms with Gasteiger partial charge in [-0.3, -0.25) is 0 Å². The molecule has 4 heteroatoms. The fourth-order valence-electron chi connectivity index (χ4n) is 2.64. The highest BCUT2D eigenvalue weighted by Gasteiger charge is 2.21. The quantitative estimate of drug-likeness (QED) is 0.771. The van der Waals surface area contributed by atoms with Crippen LogP contribution in [0.15, 0.2) is 0 Å². The lowest BCUT2D eigenvalue weighted by molar-refractivity contribution is 0.309. The molecule has 1 saturated carbocycles. The first-order valence-corrected chi connectivity index (χ1v) is 7.83. The van der Waals surface area contributed by atoms with Crippen LogP contribution in [0.4, 0.5) is 0 Å². The Morgan fingerprint density at radius 1 is 1.33 bits per heavy atom. The molecule has 0 saturated heterocycles. The molecule has 0 bridgehead atoms. The zero-order valence-electron chi connectivity index (χ0n) is 10.8. The molecule has 0 N–H and O–H groups in total. The second kappa shape index (κ2) is 4.78. The van der Waals surface area contributed by atoms with Crippen molar-refractivity contribution in [3.8, 4) is 0 Å². The molecule has 1 aliphatic rings. The third-order valence-corrected chi connectivity index (χ3v) is 5.22. The van der Waals surface area contributed by atoms with E-state index >= 15 is 0 Å². The second-order valence-corrected chi connectivity index (χ2v) is 6.66. The van der Waals surface area contributed by atoms with Gasteiger partial charge in [0.15, 0.2) is 0 Å². The number of nitrogens with zero attached hydrogens (tertiary/aromatic N) is 2. The Balaban J connectivity index is 2.04. The molecule has 0 amide bonds. The Labute approximate surface area is 116 Å². The number of aromatic nitrogens is 2. The first-order chi connectivity index (χ1) is 8.69. The van der Waals surface area contributed by atoms with Crippen LogP contribution in [0.1, 0.15) is 42.5 Å². The summed E-state index contributed by atoms with van der Waals surface area (Å²) in [4.78, 5) is 11.6. The largest absolute Gasteiger partial charge is 0.222 e. The molecule has 0 atom stereocenters. The van der Waals surface area contributed by atoms with Gasteiger partial charge >= 0.3 is 0 Å². The normalized spacial score (nSPS) is 16.2. The minimum Gasteiger partial charge on any atom is -0.222 e. The third-order valence-electron chi connectivity index (χ3n) is 3.90.